The van der Waals surface area contributed by atoms with Crippen molar-refractivity contribution in [1.82, 2.24) is 15.3 Å². The van der Waals surface area contributed by atoms with Gasteiger partial charge < -0.3 is 10.6 Å². The second-order valence-electron chi connectivity index (χ2n) is 4.47. The lowest BCUT2D eigenvalue weighted by molar-refractivity contribution is 0.0951. The zero-order valence-electron chi connectivity index (χ0n) is 11.9. The van der Waals surface area contributed by atoms with Crippen molar-refractivity contribution in [3.05, 3.63) is 39.6 Å². The molecule has 0 aliphatic carbocycles. The molecule has 2 heterocycles. The number of carbonyl (C=O) groups is 1. The van der Waals surface area contributed by atoms with Gasteiger partial charge in [-0.1, -0.05) is 0 Å². The van der Waals surface area contributed by atoms with E-state index in [4.69, 9.17) is 0 Å². The first-order chi connectivity index (χ1) is 9.60. The van der Waals surface area contributed by atoms with Crippen LogP contribution >= 0.6 is 11.3 Å². The molecule has 0 radical (unpaired) electrons. The van der Waals surface area contributed by atoms with Crippen LogP contribution in [0, 0.1) is 13.8 Å². The van der Waals surface area contributed by atoms with Crippen molar-refractivity contribution in [2.45, 2.75) is 27.3 Å². The van der Waals surface area contributed by atoms with E-state index in [9.17, 15) is 4.79 Å². The van der Waals surface area contributed by atoms with Gasteiger partial charge in [-0.15, -0.1) is 11.3 Å². The molecule has 0 aromatic carbocycles. The SMILES string of the molecule is CCNc1cc(C)ncc1C(=O)NCc1nc(C)cs1. The summed E-state index contributed by atoms with van der Waals surface area (Å²) in [5.41, 5.74) is 3.23. The third-order valence-corrected chi connectivity index (χ3v) is 3.69. The van der Waals surface area contributed by atoms with E-state index < -0.39 is 0 Å². The highest BCUT2D eigenvalue weighted by Crippen LogP contribution is 2.16. The van der Waals surface area contributed by atoms with Crippen LogP contribution in [-0.2, 0) is 6.54 Å². The number of hydrogen-bond acceptors (Lipinski definition) is 5. The topological polar surface area (TPSA) is 66.9 Å². The monoisotopic (exact) mass is 290 g/mol. The van der Waals surface area contributed by atoms with Gasteiger partial charge in [-0.3, -0.25) is 9.78 Å². The largest absolute Gasteiger partial charge is 0.385 e. The Kier molecular flexibility index (Phi) is 4.68. The third kappa shape index (κ3) is 3.54. The highest BCUT2D eigenvalue weighted by molar-refractivity contribution is 7.09. The van der Waals surface area contributed by atoms with Crippen molar-refractivity contribution in [2.75, 3.05) is 11.9 Å². The molecular formula is C14H18N4OS. The second kappa shape index (κ2) is 6.47. The number of nitrogens with one attached hydrogen (secondary N) is 2. The Morgan fingerprint density at radius 3 is 2.80 bits per heavy atom. The van der Waals surface area contributed by atoms with E-state index in [0.29, 0.717) is 12.1 Å². The van der Waals surface area contributed by atoms with Gasteiger partial charge in [0.1, 0.15) is 5.01 Å². The van der Waals surface area contributed by atoms with Crippen molar-refractivity contribution in [1.29, 1.82) is 0 Å². The molecule has 0 spiro atoms. The Bertz CT molecular complexity index is 609. The Morgan fingerprint density at radius 1 is 1.35 bits per heavy atom. The minimum atomic E-state index is -0.138. The highest BCUT2D eigenvalue weighted by atomic mass is 32.1. The van der Waals surface area contributed by atoms with Crippen LogP contribution in [0.3, 0.4) is 0 Å². The predicted octanol–water partition coefficient (Wildman–Crippen LogP) is 2.52. The van der Waals surface area contributed by atoms with E-state index in [1.54, 1.807) is 17.5 Å². The zero-order valence-corrected chi connectivity index (χ0v) is 12.7. The van der Waals surface area contributed by atoms with Gasteiger partial charge in [0.25, 0.3) is 5.91 Å². The summed E-state index contributed by atoms with van der Waals surface area (Å²) in [4.78, 5) is 20.7. The van der Waals surface area contributed by atoms with Crippen LogP contribution in [0.25, 0.3) is 0 Å². The van der Waals surface area contributed by atoms with Crippen molar-refractivity contribution >= 4 is 22.9 Å². The van der Waals surface area contributed by atoms with E-state index in [0.717, 1.165) is 28.6 Å². The summed E-state index contributed by atoms with van der Waals surface area (Å²) in [6, 6.07) is 1.88. The van der Waals surface area contributed by atoms with Crippen LogP contribution in [-0.4, -0.2) is 22.4 Å². The van der Waals surface area contributed by atoms with Gasteiger partial charge in [0, 0.05) is 29.5 Å². The van der Waals surface area contributed by atoms with Crippen molar-refractivity contribution in [2.24, 2.45) is 0 Å². The molecule has 0 aliphatic rings. The number of hydrogen-bond donors (Lipinski definition) is 2. The summed E-state index contributed by atoms with van der Waals surface area (Å²) < 4.78 is 0. The van der Waals surface area contributed by atoms with Crippen molar-refractivity contribution < 1.29 is 4.79 Å². The molecule has 5 nitrogen and oxygen atoms in total. The molecule has 2 aromatic heterocycles. The average molecular weight is 290 g/mol. The summed E-state index contributed by atoms with van der Waals surface area (Å²) in [6.45, 7) is 7.04. The summed E-state index contributed by atoms with van der Waals surface area (Å²) >= 11 is 1.55. The molecule has 1 amide bonds. The molecule has 2 rings (SSSR count). The van der Waals surface area contributed by atoms with E-state index in [1.807, 2.05) is 32.2 Å². The minimum Gasteiger partial charge on any atom is -0.385 e. The number of anilines is 1. The highest BCUT2D eigenvalue weighted by Gasteiger charge is 2.12. The summed E-state index contributed by atoms with van der Waals surface area (Å²) in [7, 11) is 0. The molecule has 0 unspecified atom stereocenters. The quantitative estimate of drug-likeness (QED) is 0.888. The van der Waals surface area contributed by atoms with Gasteiger partial charge >= 0.3 is 0 Å². The second-order valence-corrected chi connectivity index (χ2v) is 5.41. The summed E-state index contributed by atoms with van der Waals surface area (Å²) in [5, 5.41) is 8.94. The number of aryl methyl sites for hydroxylation is 2. The standard InChI is InChI=1S/C14H18N4OS/c1-4-15-12-5-9(2)16-6-11(12)14(19)17-7-13-18-10(3)8-20-13/h5-6,8H,4,7H2,1-3H3,(H,15,16)(H,17,19). The van der Waals surface area contributed by atoms with Crippen LogP contribution in [0.5, 0.6) is 0 Å². The van der Waals surface area contributed by atoms with Gasteiger partial charge in [0.05, 0.1) is 17.8 Å². The summed E-state index contributed by atoms with van der Waals surface area (Å²) in [5.74, 6) is -0.138. The summed E-state index contributed by atoms with van der Waals surface area (Å²) in [6.07, 6.45) is 1.61. The lowest BCUT2D eigenvalue weighted by atomic mass is 10.2. The van der Waals surface area contributed by atoms with Gasteiger partial charge in [-0.2, -0.15) is 0 Å². The third-order valence-electron chi connectivity index (χ3n) is 2.72. The van der Waals surface area contributed by atoms with E-state index in [-0.39, 0.29) is 5.91 Å². The number of nitrogens with zero attached hydrogens (tertiary/aromatic N) is 2. The van der Waals surface area contributed by atoms with E-state index >= 15 is 0 Å². The molecule has 0 aliphatic heterocycles. The Balaban J connectivity index is 2.08. The van der Waals surface area contributed by atoms with Crippen molar-refractivity contribution in [3.63, 3.8) is 0 Å². The molecule has 20 heavy (non-hydrogen) atoms. The van der Waals surface area contributed by atoms with Crippen LogP contribution in [0.4, 0.5) is 5.69 Å². The van der Waals surface area contributed by atoms with E-state index in [1.165, 1.54) is 0 Å². The molecule has 2 aromatic rings. The molecule has 0 saturated carbocycles. The first-order valence-electron chi connectivity index (χ1n) is 6.50. The maximum atomic E-state index is 12.2. The first kappa shape index (κ1) is 14.5. The molecule has 2 N–H and O–H groups in total. The Morgan fingerprint density at radius 2 is 2.15 bits per heavy atom. The molecule has 6 heteroatoms. The average Bonchev–Trinajstić information content (AvgIpc) is 2.82. The van der Waals surface area contributed by atoms with Gasteiger partial charge in [-0.25, -0.2) is 4.98 Å². The fourth-order valence-electron chi connectivity index (χ4n) is 1.81. The van der Waals surface area contributed by atoms with Crippen molar-refractivity contribution in [3.8, 4) is 0 Å². The molecule has 0 bridgehead atoms. The fraction of sp³-hybridized carbons (Fsp3) is 0.357. The minimum absolute atomic E-state index is 0.138. The first-order valence-corrected chi connectivity index (χ1v) is 7.38. The number of carbonyl (C=O) groups excluding carboxylic acids is 1. The predicted molar refractivity (Wildman–Crippen MR) is 81.2 cm³/mol. The fourth-order valence-corrected chi connectivity index (χ4v) is 2.52. The molecule has 0 atom stereocenters. The molecule has 106 valence electrons. The van der Waals surface area contributed by atoms with Gasteiger partial charge in [0.15, 0.2) is 0 Å². The smallest absolute Gasteiger partial charge is 0.255 e. The van der Waals surface area contributed by atoms with Crippen LogP contribution in [0.1, 0.15) is 33.7 Å². The van der Waals surface area contributed by atoms with Crippen LogP contribution in [0.2, 0.25) is 0 Å². The maximum Gasteiger partial charge on any atom is 0.255 e. The lowest BCUT2D eigenvalue weighted by Gasteiger charge is -2.11. The normalized spacial score (nSPS) is 10.3. The lowest BCUT2D eigenvalue weighted by Crippen LogP contribution is -2.24. The van der Waals surface area contributed by atoms with Gasteiger partial charge in [0.2, 0.25) is 0 Å². The number of pyridine rings is 1. The number of aromatic nitrogens is 2. The number of thiazole rings is 1. The molecule has 0 fully saturated rings. The zero-order chi connectivity index (χ0) is 14.5. The van der Waals surface area contributed by atoms with Crippen LogP contribution in [0.15, 0.2) is 17.6 Å². The Hall–Kier alpha value is -1.95. The van der Waals surface area contributed by atoms with E-state index in [2.05, 4.69) is 20.6 Å². The number of rotatable bonds is 5. The van der Waals surface area contributed by atoms with Crippen LogP contribution < -0.4 is 10.6 Å². The molecule has 0 saturated heterocycles. The molecular weight excluding hydrogens is 272 g/mol. The Labute approximate surface area is 122 Å². The number of amides is 1. The van der Waals surface area contributed by atoms with Gasteiger partial charge in [-0.05, 0) is 26.8 Å². The maximum absolute atomic E-state index is 12.2.